The lowest BCUT2D eigenvalue weighted by Crippen LogP contribution is -2.55. The molecule has 2 aliphatic rings. The molecular weight excluding hydrogens is 344 g/mol. The molecule has 6 nitrogen and oxygen atoms in total. The first-order valence-corrected chi connectivity index (χ1v) is 9.89. The first-order chi connectivity index (χ1) is 13.0. The summed E-state index contributed by atoms with van der Waals surface area (Å²) in [6, 6.07) is 5.91. The summed E-state index contributed by atoms with van der Waals surface area (Å²) >= 11 is 0. The van der Waals surface area contributed by atoms with E-state index >= 15 is 0 Å². The zero-order chi connectivity index (χ0) is 19.4. The summed E-state index contributed by atoms with van der Waals surface area (Å²) in [5.41, 5.74) is 0.122. The highest BCUT2D eigenvalue weighted by molar-refractivity contribution is 5.94. The number of nitrogens with one attached hydrogen (secondary N) is 1. The molecule has 1 aliphatic carbocycles. The number of ether oxygens (including phenoxy) is 2. The lowest BCUT2D eigenvalue weighted by molar-refractivity contribution is -0.141. The molecule has 1 unspecified atom stereocenters. The number of amides is 2. The predicted octanol–water partition coefficient (Wildman–Crippen LogP) is 3.03. The standard InChI is InChI=1S/C21H30N2O4/c1-4-27-17-10-9-15(13-18(17)26-3)14-23-19(24)11-12-21(23,2)20(25)22-16-7-5-6-8-16/h9-10,13,16H,4-8,11-12,14H2,1-3H3,(H,22,25). The van der Waals surface area contributed by atoms with Crippen molar-refractivity contribution in [3.8, 4) is 11.5 Å². The topological polar surface area (TPSA) is 67.9 Å². The third kappa shape index (κ3) is 4.04. The Morgan fingerprint density at radius 3 is 2.70 bits per heavy atom. The van der Waals surface area contributed by atoms with Crippen molar-refractivity contribution in [2.45, 2.75) is 70.5 Å². The SMILES string of the molecule is CCOc1ccc(CN2C(=O)CCC2(C)C(=O)NC2CCCC2)cc1OC. The third-order valence-corrected chi connectivity index (χ3v) is 5.77. The Hall–Kier alpha value is -2.24. The van der Waals surface area contributed by atoms with Gasteiger partial charge in [-0.1, -0.05) is 18.9 Å². The van der Waals surface area contributed by atoms with E-state index in [1.807, 2.05) is 32.0 Å². The molecule has 0 bridgehead atoms. The van der Waals surface area contributed by atoms with E-state index in [-0.39, 0.29) is 17.9 Å². The van der Waals surface area contributed by atoms with Crippen molar-refractivity contribution in [3.63, 3.8) is 0 Å². The Kier molecular flexibility index (Phi) is 5.92. The van der Waals surface area contributed by atoms with Gasteiger partial charge in [0.25, 0.3) is 0 Å². The van der Waals surface area contributed by atoms with Gasteiger partial charge in [-0.25, -0.2) is 0 Å². The fourth-order valence-corrected chi connectivity index (χ4v) is 4.07. The van der Waals surface area contributed by atoms with Crippen LogP contribution in [-0.4, -0.2) is 42.0 Å². The number of likely N-dealkylation sites (tertiary alicyclic amines) is 1. The quantitative estimate of drug-likeness (QED) is 0.797. The second kappa shape index (κ2) is 8.19. The molecule has 2 amide bonds. The first-order valence-electron chi connectivity index (χ1n) is 9.89. The molecule has 6 heteroatoms. The molecular formula is C21H30N2O4. The van der Waals surface area contributed by atoms with E-state index in [2.05, 4.69) is 5.32 Å². The smallest absolute Gasteiger partial charge is 0.245 e. The van der Waals surface area contributed by atoms with E-state index in [0.29, 0.717) is 37.5 Å². The second-order valence-electron chi connectivity index (χ2n) is 7.63. The summed E-state index contributed by atoms with van der Waals surface area (Å²) in [4.78, 5) is 27.2. The van der Waals surface area contributed by atoms with Crippen molar-refractivity contribution in [1.29, 1.82) is 0 Å². The molecule has 3 rings (SSSR count). The van der Waals surface area contributed by atoms with Crippen LogP contribution in [0, 0.1) is 0 Å². The highest BCUT2D eigenvalue weighted by Crippen LogP contribution is 2.34. The van der Waals surface area contributed by atoms with Gasteiger partial charge in [-0.15, -0.1) is 0 Å². The zero-order valence-electron chi connectivity index (χ0n) is 16.5. The van der Waals surface area contributed by atoms with Gasteiger partial charge in [-0.3, -0.25) is 9.59 Å². The maximum absolute atomic E-state index is 13.0. The minimum Gasteiger partial charge on any atom is -0.493 e. The normalized spacial score (nSPS) is 22.9. The van der Waals surface area contributed by atoms with Crippen molar-refractivity contribution >= 4 is 11.8 Å². The van der Waals surface area contributed by atoms with Crippen molar-refractivity contribution in [1.82, 2.24) is 10.2 Å². The molecule has 1 aromatic rings. The van der Waals surface area contributed by atoms with Crippen LogP contribution >= 0.6 is 0 Å². The van der Waals surface area contributed by atoms with Crippen LogP contribution in [0.5, 0.6) is 11.5 Å². The van der Waals surface area contributed by atoms with E-state index < -0.39 is 5.54 Å². The van der Waals surface area contributed by atoms with Crippen LogP contribution in [0.25, 0.3) is 0 Å². The van der Waals surface area contributed by atoms with Gasteiger partial charge in [0, 0.05) is 19.0 Å². The van der Waals surface area contributed by atoms with Gasteiger partial charge in [0.15, 0.2) is 11.5 Å². The number of methoxy groups -OCH3 is 1. The summed E-state index contributed by atoms with van der Waals surface area (Å²) in [7, 11) is 1.60. The molecule has 1 heterocycles. The molecule has 2 fully saturated rings. The Morgan fingerprint density at radius 2 is 2.04 bits per heavy atom. The Balaban J connectivity index is 1.76. The summed E-state index contributed by atoms with van der Waals surface area (Å²) in [5.74, 6) is 1.31. The van der Waals surface area contributed by atoms with Gasteiger partial charge >= 0.3 is 0 Å². The van der Waals surface area contributed by atoms with E-state index in [1.54, 1.807) is 12.0 Å². The van der Waals surface area contributed by atoms with Crippen molar-refractivity contribution in [2.24, 2.45) is 0 Å². The highest BCUT2D eigenvalue weighted by atomic mass is 16.5. The number of rotatable bonds is 7. The van der Waals surface area contributed by atoms with Crippen LogP contribution in [-0.2, 0) is 16.1 Å². The average molecular weight is 374 g/mol. The monoisotopic (exact) mass is 374 g/mol. The van der Waals surface area contributed by atoms with Crippen LogP contribution in [0.1, 0.15) is 57.9 Å². The molecule has 27 heavy (non-hydrogen) atoms. The Bertz CT molecular complexity index is 699. The number of hydrogen-bond acceptors (Lipinski definition) is 4. The Labute approximate surface area is 161 Å². The number of benzene rings is 1. The van der Waals surface area contributed by atoms with Crippen LogP contribution < -0.4 is 14.8 Å². The van der Waals surface area contributed by atoms with Crippen molar-refractivity contribution in [2.75, 3.05) is 13.7 Å². The average Bonchev–Trinajstić information content (AvgIpc) is 3.27. The summed E-state index contributed by atoms with van der Waals surface area (Å²) in [5, 5.41) is 3.17. The Morgan fingerprint density at radius 1 is 1.30 bits per heavy atom. The molecule has 0 aromatic heterocycles. The van der Waals surface area contributed by atoms with Crippen LogP contribution in [0.3, 0.4) is 0 Å². The van der Waals surface area contributed by atoms with Gasteiger partial charge < -0.3 is 19.7 Å². The van der Waals surface area contributed by atoms with E-state index in [4.69, 9.17) is 9.47 Å². The van der Waals surface area contributed by atoms with Gasteiger partial charge in [0.1, 0.15) is 5.54 Å². The molecule has 0 radical (unpaired) electrons. The fraction of sp³-hybridized carbons (Fsp3) is 0.619. The number of carbonyl (C=O) groups is 2. The predicted molar refractivity (Wildman–Crippen MR) is 103 cm³/mol. The lowest BCUT2D eigenvalue weighted by atomic mass is 9.96. The largest absolute Gasteiger partial charge is 0.493 e. The molecule has 1 aromatic carbocycles. The van der Waals surface area contributed by atoms with Crippen molar-refractivity contribution in [3.05, 3.63) is 23.8 Å². The third-order valence-electron chi connectivity index (χ3n) is 5.77. The summed E-state index contributed by atoms with van der Waals surface area (Å²) < 4.78 is 11.0. The minimum absolute atomic E-state index is 0.0203. The first kappa shape index (κ1) is 19.5. The molecule has 148 valence electrons. The lowest BCUT2D eigenvalue weighted by Gasteiger charge is -2.35. The van der Waals surface area contributed by atoms with Crippen LogP contribution in [0.4, 0.5) is 0 Å². The van der Waals surface area contributed by atoms with Gasteiger partial charge in [-0.2, -0.15) is 0 Å². The summed E-state index contributed by atoms with van der Waals surface area (Å²) in [6.45, 7) is 4.74. The van der Waals surface area contributed by atoms with Gasteiger partial charge in [0.2, 0.25) is 11.8 Å². The zero-order valence-corrected chi connectivity index (χ0v) is 16.5. The minimum atomic E-state index is -0.800. The fourth-order valence-electron chi connectivity index (χ4n) is 4.07. The van der Waals surface area contributed by atoms with E-state index in [1.165, 1.54) is 0 Å². The van der Waals surface area contributed by atoms with Gasteiger partial charge in [0.05, 0.1) is 13.7 Å². The van der Waals surface area contributed by atoms with Crippen LogP contribution in [0.15, 0.2) is 18.2 Å². The molecule has 1 aliphatic heterocycles. The number of nitrogens with zero attached hydrogens (tertiary/aromatic N) is 1. The highest BCUT2D eigenvalue weighted by Gasteiger charge is 2.47. The summed E-state index contributed by atoms with van der Waals surface area (Å²) in [6.07, 6.45) is 5.35. The molecule has 1 saturated heterocycles. The van der Waals surface area contributed by atoms with E-state index in [9.17, 15) is 9.59 Å². The van der Waals surface area contributed by atoms with Crippen molar-refractivity contribution < 1.29 is 19.1 Å². The molecule has 1 atom stereocenters. The van der Waals surface area contributed by atoms with E-state index in [0.717, 1.165) is 31.2 Å². The number of hydrogen-bond donors (Lipinski definition) is 1. The maximum Gasteiger partial charge on any atom is 0.245 e. The van der Waals surface area contributed by atoms with Crippen LogP contribution in [0.2, 0.25) is 0 Å². The second-order valence-corrected chi connectivity index (χ2v) is 7.63. The molecule has 1 saturated carbocycles. The van der Waals surface area contributed by atoms with Gasteiger partial charge in [-0.05, 0) is 50.8 Å². The number of carbonyl (C=O) groups excluding carboxylic acids is 2. The maximum atomic E-state index is 13.0. The molecule has 0 spiro atoms. The molecule has 1 N–H and O–H groups in total.